The molecule has 0 saturated heterocycles. The van der Waals surface area contributed by atoms with Gasteiger partial charge in [-0.3, -0.25) is 0 Å². The molecule has 0 bridgehead atoms. The summed E-state index contributed by atoms with van der Waals surface area (Å²) in [5.41, 5.74) is 2.04. The van der Waals surface area contributed by atoms with Crippen LogP contribution >= 0.6 is 0 Å². The van der Waals surface area contributed by atoms with Gasteiger partial charge in [-0.25, -0.2) is 9.37 Å². The molecule has 0 radical (unpaired) electrons. The zero-order valence-electron chi connectivity index (χ0n) is 13.4. The molecule has 1 N–H and O–H groups in total. The number of rotatable bonds is 8. The summed E-state index contributed by atoms with van der Waals surface area (Å²) in [4.78, 5) is 4.01. The van der Waals surface area contributed by atoms with Gasteiger partial charge in [0.05, 0.1) is 12.9 Å². The van der Waals surface area contributed by atoms with Crippen LogP contribution in [-0.2, 0) is 13.1 Å². The third-order valence-corrected chi connectivity index (χ3v) is 3.65. The third kappa shape index (κ3) is 4.84. The minimum Gasteiger partial charge on any atom is -0.494 e. The number of halogens is 1. The highest BCUT2D eigenvalue weighted by Crippen LogP contribution is 2.15. The van der Waals surface area contributed by atoms with Crippen LogP contribution in [0.25, 0.3) is 0 Å². The molecule has 0 aliphatic heterocycles. The van der Waals surface area contributed by atoms with Crippen LogP contribution in [-0.4, -0.2) is 16.2 Å². The fraction of sp³-hybridized carbons (Fsp3) is 0.211. The van der Waals surface area contributed by atoms with Gasteiger partial charge in [0.25, 0.3) is 0 Å². The van der Waals surface area contributed by atoms with Gasteiger partial charge in [-0.05, 0) is 48.4 Å². The second-order valence-corrected chi connectivity index (χ2v) is 5.51. The van der Waals surface area contributed by atoms with Gasteiger partial charge in [0.15, 0.2) is 0 Å². The van der Waals surface area contributed by atoms with E-state index in [1.807, 2.05) is 41.4 Å². The highest BCUT2D eigenvalue weighted by molar-refractivity contribution is 5.43. The first-order chi connectivity index (χ1) is 11.8. The Balaban J connectivity index is 1.40. The number of aromatic nitrogens is 2. The predicted octanol–water partition coefficient (Wildman–Crippen LogP) is 4.10. The Morgan fingerprint density at radius 3 is 2.54 bits per heavy atom. The summed E-state index contributed by atoms with van der Waals surface area (Å²) in [6.07, 6.45) is 6.47. The largest absolute Gasteiger partial charge is 0.494 e. The Bertz CT molecular complexity index is 724. The molecule has 0 fully saturated rings. The summed E-state index contributed by atoms with van der Waals surface area (Å²) in [7, 11) is 0. The first-order valence-electron chi connectivity index (χ1n) is 7.96. The van der Waals surface area contributed by atoms with E-state index in [0.29, 0.717) is 13.2 Å². The van der Waals surface area contributed by atoms with Crippen molar-refractivity contribution in [1.29, 1.82) is 0 Å². The zero-order valence-corrected chi connectivity index (χ0v) is 13.4. The van der Waals surface area contributed by atoms with Crippen molar-refractivity contribution in [2.75, 3.05) is 11.9 Å². The van der Waals surface area contributed by atoms with Crippen molar-refractivity contribution >= 4 is 5.69 Å². The number of ether oxygens (including phenoxy) is 1. The van der Waals surface area contributed by atoms with E-state index in [2.05, 4.69) is 10.3 Å². The number of nitrogens with zero attached hydrogens (tertiary/aromatic N) is 2. The summed E-state index contributed by atoms with van der Waals surface area (Å²) >= 11 is 0. The molecule has 124 valence electrons. The fourth-order valence-electron chi connectivity index (χ4n) is 2.33. The maximum atomic E-state index is 12.9. The first kappa shape index (κ1) is 16.1. The molecule has 0 atom stereocenters. The average molecular weight is 325 g/mol. The van der Waals surface area contributed by atoms with E-state index >= 15 is 0 Å². The lowest BCUT2D eigenvalue weighted by Crippen LogP contribution is -2.03. The molecule has 2 aromatic carbocycles. The molecule has 3 rings (SSSR count). The van der Waals surface area contributed by atoms with Crippen molar-refractivity contribution in [3.8, 4) is 5.75 Å². The van der Waals surface area contributed by atoms with E-state index in [4.69, 9.17) is 4.74 Å². The molecule has 0 unspecified atom stereocenters. The van der Waals surface area contributed by atoms with Crippen molar-refractivity contribution in [2.24, 2.45) is 0 Å². The molecule has 1 aromatic heterocycles. The fourth-order valence-corrected chi connectivity index (χ4v) is 2.33. The molecule has 24 heavy (non-hydrogen) atoms. The maximum absolute atomic E-state index is 12.9. The second kappa shape index (κ2) is 8.15. The smallest absolute Gasteiger partial charge is 0.123 e. The lowest BCUT2D eigenvalue weighted by atomic mass is 10.2. The van der Waals surface area contributed by atoms with Gasteiger partial charge in [-0.2, -0.15) is 0 Å². The summed E-state index contributed by atoms with van der Waals surface area (Å²) in [6.45, 7) is 2.26. The van der Waals surface area contributed by atoms with E-state index < -0.39 is 0 Å². The number of anilines is 1. The number of hydrogen-bond acceptors (Lipinski definition) is 3. The number of imidazole rings is 1. The number of nitrogens with one attached hydrogen (secondary N) is 1. The van der Waals surface area contributed by atoms with E-state index in [0.717, 1.165) is 30.0 Å². The number of aryl methyl sites for hydroxylation is 1. The van der Waals surface area contributed by atoms with Gasteiger partial charge in [0.2, 0.25) is 0 Å². The SMILES string of the molecule is Fc1ccc(NCc2ccc(OCCCn3ccnc3)cc2)cc1. The highest BCUT2D eigenvalue weighted by Gasteiger charge is 1.98. The summed E-state index contributed by atoms with van der Waals surface area (Å²) in [5.74, 6) is 0.640. The molecule has 4 nitrogen and oxygen atoms in total. The Kier molecular flexibility index (Phi) is 5.45. The Morgan fingerprint density at radius 1 is 1.04 bits per heavy atom. The van der Waals surface area contributed by atoms with E-state index in [1.54, 1.807) is 18.3 Å². The minimum absolute atomic E-state index is 0.227. The van der Waals surface area contributed by atoms with Crippen LogP contribution in [0.4, 0.5) is 10.1 Å². The summed E-state index contributed by atoms with van der Waals surface area (Å²) in [5, 5.41) is 3.26. The van der Waals surface area contributed by atoms with Crippen LogP contribution in [0.15, 0.2) is 67.3 Å². The van der Waals surface area contributed by atoms with Crippen LogP contribution in [0.2, 0.25) is 0 Å². The minimum atomic E-state index is -0.227. The van der Waals surface area contributed by atoms with Crippen LogP contribution in [0.3, 0.4) is 0 Å². The lowest BCUT2D eigenvalue weighted by Gasteiger charge is -2.09. The molecule has 0 aliphatic carbocycles. The van der Waals surface area contributed by atoms with E-state index in [-0.39, 0.29) is 5.82 Å². The average Bonchev–Trinajstić information content (AvgIpc) is 3.13. The van der Waals surface area contributed by atoms with Crippen molar-refractivity contribution in [3.63, 3.8) is 0 Å². The molecule has 0 saturated carbocycles. The number of benzene rings is 2. The van der Waals surface area contributed by atoms with Crippen LogP contribution in [0.5, 0.6) is 5.75 Å². The van der Waals surface area contributed by atoms with Gasteiger partial charge in [0.1, 0.15) is 11.6 Å². The maximum Gasteiger partial charge on any atom is 0.123 e. The monoisotopic (exact) mass is 325 g/mol. The molecular weight excluding hydrogens is 305 g/mol. The third-order valence-electron chi connectivity index (χ3n) is 3.65. The van der Waals surface area contributed by atoms with Crippen LogP contribution in [0.1, 0.15) is 12.0 Å². The Hall–Kier alpha value is -2.82. The molecule has 1 heterocycles. The van der Waals surface area contributed by atoms with Crippen molar-refractivity contribution in [1.82, 2.24) is 9.55 Å². The molecular formula is C19H20FN3O. The Morgan fingerprint density at radius 2 is 1.83 bits per heavy atom. The Labute approximate surface area is 140 Å². The van der Waals surface area contributed by atoms with Crippen molar-refractivity contribution in [3.05, 3.63) is 78.6 Å². The molecule has 0 amide bonds. The van der Waals surface area contributed by atoms with Gasteiger partial charge < -0.3 is 14.6 Å². The molecule has 0 aliphatic rings. The van der Waals surface area contributed by atoms with Crippen molar-refractivity contribution < 1.29 is 9.13 Å². The van der Waals surface area contributed by atoms with Crippen molar-refractivity contribution in [2.45, 2.75) is 19.5 Å². The predicted molar refractivity (Wildman–Crippen MR) is 92.5 cm³/mol. The van der Waals surface area contributed by atoms with E-state index in [1.165, 1.54) is 12.1 Å². The molecule has 0 spiro atoms. The van der Waals surface area contributed by atoms with E-state index in [9.17, 15) is 4.39 Å². The topological polar surface area (TPSA) is 39.1 Å². The van der Waals surface area contributed by atoms with Crippen LogP contribution < -0.4 is 10.1 Å². The zero-order chi connectivity index (χ0) is 16.6. The molecule has 3 aromatic rings. The second-order valence-electron chi connectivity index (χ2n) is 5.51. The van der Waals surface area contributed by atoms with Gasteiger partial charge >= 0.3 is 0 Å². The van der Waals surface area contributed by atoms with Crippen LogP contribution in [0, 0.1) is 5.82 Å². The number of hydrogen-bond donors (Lipinski definition) is 1. The van der Waals surface area contributed by atoms with Gasteiger partial charge in [-0.15, -0.1) is 0 Å². The highest BCUT2D eigenvalue weighted by atomic mass is 19.1. The van der Waals surface area contributed by atoms with Gasteiger partial charge in [0, 0.05) is 31.2 Å². The quantitative estimate of drug-likeness (QED) is 0.634. The summed E-state index contributed by atoms with van der Waals surface area (Å²) in [6, 6.07) is 14.4. The standard InChI is InChI=1S/C19H20FN3O/c20-17-4-6-18(7-5-17)22-14-16-2-8-19(9-3-16)24-13-1-11-23-12-10-21-15-23/h2-10,12,15,22H,1,11,13-14H2. The lowest BCUT2D eigenvalue weighted by molar-refractivity contribution is 0.301. The summed E-state index contributed by atoms with van der Waals surface area (Å²) < 4.78 is 20.6. The van der Waals surface area contributed by atoms with Gasteiger partial charge in [-0.1, -0.05) is 12.1 Å². The normalized spacial score (nSPS) is 10.5. The molecule has 5 heteroatoms. The first-order valence-corrected chi connectivity index (χ1v) is 7.96.